The third-order valence-corrected chi connectivity index (χ3v) is 2.35. The van der Waals surface area contributed by atoms with E-state index in [1.807, 2.05) is 0 Å². The zero-order valence-corrected chi connectivity index (χ0v) is 9.51. The lowest BCUT2D eigenvalue weighted by molar-refractivity contribution is 0.587. The molecule has 0 spiro atoms. The smallest absolute Gasteiger partial charge is 0.0340 e. The molecule has 1 rings (SSSR count). The topological polar surface area (TPSA) is 12.0 Å². The Balaban J connectivity index is 2.46. The van der Waals surface area contributed by atoms with Gasteiger partial charge in [-0.25, -0.2) is 0 Å². The van der Waals surface area contributed by atoms with Gasteiger partial charge in [0.2, 0.25) is 0 Å². The van der Waals surface area contributed by atoms with Crippen molar-refractivity contribution in [2.45, 2.75) is 33.6 Å². The third-order valence-electron chi connectivity index (χ3n) is 2.35. The summed E-state index contributed by atoms with van der Waals surface area (Å²) in [4.78, 5) is 0. The molecule has 0 bridgehead atoms. The number of hydrogen-bond donors (Lipinski definition) is 1. The molecule has 0 saturated heterocycles. The Bertz CT molecular complexity index is 248. The first-order valence-electron chi connectivity index (χ1n) is 5.55. The highest BCUT2D eigenvalue weighted by atomic mass is 14.8. The Kier molecular flexibility index (Phi) is 4.51. The number of anilines is 1. The van der Waals surface area contributed by atoms with Crippen molar-refractivity contribution in [3.63, 3.8) is 0 Å². The van der Waals surface area contributed by atoms with E-state index in [9.17, 15) is 0 Å². The fraction of sp³-hybridized carbons (Fsp3) is 0.538. The van der Waals surface area contributed by atoms with Crippen LogP contribution in [0.2, 0.25) is 0 Å². The number of nitrogens with one attached hydrogen (secondary N) is 1. The molecule has 1 heteroatoms. The first kappa shape index (κ1) is 11.1. The van der Waals surface area contributed by atoms with Crippen molar-refractivity contribution < 1.29 is 0 Å². The molecule has 0 saturated carbocycles. The van der Waals surface area contributed by atoms with Gasteiger partial charge < -0.3 is 5.32 Å². The van der Waals surface area contributed by atoms with Gasteiger partial charge in [0.15, 0.2) is 0 Å². The number of rotatable bonds is 5. The van der Waals surface area contributed by atoms with E-state index in [0.29, 0.717) is 0 Å². The summed E-state index contributed by atoms with van der Waals surface area (Å²) in [5.74, 6) is 0.795. The minimum atomic E-state index is 0.795. The van der Waals surface area contributed by atoms with Crippen molar-refractivity contribution in [1.82, 2.24) is 0 Å². The molecule has 0 aromatic heterocycles. The average Bonchev–Trinajstić information content (AvgIpc) is 2.17. The molecule has 0 fully saturated rings. The quantitative estimate of drug-likeness (QED) is 0.748. The average molecular weight is 191 g/mol. The maximum atomic E-state index is 3.30. The maximum Gasteiger partial charge on any atom is 0.0340 e. The Hall–Kier alpha value is -0.980. The van der Waals surface area contributed by atoms with Gasteiger partial charge >= 0.3 is 0 Å². The van der Waals surface area contributed by atoms with Crippen LogP contribution in [0.1, 0.15) is 32.8 Å². The lowest BCUT2D eigenvalue weighted by atomic mass is 10.0. The Morgan fingerprint density at radius 3 is 2.29 bits per heavy atom. The minimum Gasteiger partial charge on any atom is -0.385 e. The summed E-state index contributed by atoms with van der Waals surface area (Å²) in [6.07, 6.45) is 2.48. The molecular weight excluding hydrogens is 170 g/mol. The molecule has 1 aromatic rings. The summed E-state index contributed by atoms with van der Waals surface area (Å²) in [5.41, 5.74) is 2.67. The fourth-order valence-corrected chi connectivity index (χ4v) is 1.45. The van der Waals surface area contributed by atoms with E-state index in [1.165, 1.54) is 24.1 Å². The number of aryl methyl sites for hydroxylation is 1. The summed E-state index contributed by atoms with van der Waals surface area (Å²) in [6.45, 7) is 7.65. The number of hydrogen-bond acceptors (Lipinski definition) is 1. The summed E-state index contributed by atoms with van der Waals surface area (Å²) in [5, 5.41) is 3.30. The van der Waals surface area contributed by atoms with Gasteiger partial charge in [-0.05, 0) is 43.4 Å². The SMILES string of the molecule is CCNc1ccc(CCC(C)C)cc1. The Morgan fingerprint density at radius 2 is 1.79 bits per heavy atom. The Morgan fingerprint density at radius 1 is 1.14 bits per heavy atom. The van der Waals surface area contributed by atoms with E-state index in [2.05, 4.69) is 50.4 Å². The largest absolute Gasteiger partial charge is 0.385 e. The van der Waals surface area contributed by atoms with Gasteiger partial charge in [-0.2, -0.15) is 0 Å². The van der Waals surface area contributed by atoms with Crippen LogP contribution >= 0.6 is 0 Å². The van der Waals surface area contributed by atoms with Crippen LogP contribution in [0.3, 0.4) is 0 Å². The predicted molar refractivity (Wildman–Crippen MR) is 63.8 cm³/mol. The molecular formula is C13H21N. The summed E-state index contributed by atoms with van der Waals surface area (Å²) < 4.78 is 0. The molecule has 1 nitrogen and oxygen atoms in total. The molecule has 0 radical (unpaired) electrons. The van der Waals surface area contributed by atoms with Crippen molar-refractivity contribution in [3.8, 4) is 0 Å². The van der Waals surface area contributed by atoms with Crippen molar-refractivity contribution in [1.29, 1.82) is 0 Å². The van der Waals surface area contributed by atoms with Crippen molar-refractivity contribution >= 4 is 5.69 Å². The van der Waals surface area contributed by atoms with E-state index in [0.717, 1.165) is 12.5 Å². The monoisotopic (exact) mass is 191 g/mol. The summed E-state index contributed by atoms with van der Waals surface area (Å²) in [7, 11) is 0. The standard InChI is InChI=1S/C13H21N/c1-4-14-13-9-7-12(8-10-13)6-5-11(2)3/h7-11,14H,4-6H2,1-3H3. The lowest BCUT2D eigenvalue weighted by Crippen LogP contribution is -1.97. The second kappa shape index (κ2) is 5.69. The van der Waals surface area contributed by atoms with Crippen LogP contribution in [0.4, 0.5) is 5.69 Å². The van der Waals surface area contributed by atoms with E-state index >= 15 is 0 Å². The normalized spacial score (nSPS) is 10.6. The molecule has 14 heavy (non-hydrogen) atoms. The van der Waals surface area contributed by atoms with E-state index < -0.39 is 0 Å². The molecule has 1 N–H and O–H groups in total. The molecule has 0 atom stereocenters. The highest BCUT2D eigenvalue weighted by molar-refractivity contribution is 5.44. The lowest BCUT2D eigenvalue weighted by Gasteiger charge is -2.06. The molecule has 0 unspecified atom stereocenters. The molecule has 0 aliphatic rings. The van der Waals surface area contributed by atoms with E-state index in [4.69, 9.17) is 0 Å². The molecule has 0 heterocycles. The molecule has 0 aliphatic heterocycles. The van der Waals surface area contributed by atoms with Gasteiger partial charge in [-0.15, -0.1) is 0 Å². The molecule has 1 aromatic carbocycles. The minimum absolute atomic E-state index is 0.795. The van der Waals surface area contributed by atoms with Crippen LogP contribution in [-0.4, -0.2) is 6.54 Å². The zero-order valence-electron chi connectivity index (χ0n) is 9.51. The second-order valence-corrected chi connectivity index (χ2v) is 4.16. The van der Waals surface area contributed by atoms with Gasteiger partial charge in [0, 0.05) is 12.2 Å². The van der Waals surface area contributed by atoms with Crippen LogP contribution in [0.15, 0.2) is 24.3 Å². The predicted octanol–water partition coefficient (Wildman–Crippen LogP) is 3.71. The second-order valence-electron chi connectivity index (χ2n) is 4.16. The molecule has 78 valence electrons. The van der Waals surface area contributed by atoms with Gasteiger partial charge in [-0.1, -0.05) is 26.0 Å². The van der Waals surface area contributed by atoms with Crippen molar-refractivity contribution in [2.75, 3.05) is 11.9 Å². The van der Waals surface area contributed by atoms with Crippen LogP contribution in [0.5, 0.6) is 0 Å². The summed E-state index contributed by atoms with van der Waals surface area (Å²) >= 11 is 0. The van der Waals surface area contributed by atoms with Crippen LogP contribution in [0, 0.1) is 5.92 Å². The first-order valence-corrected chi connectivity index (χ1v) is 5.55. The summed E-state index contributed by atoms with van der Waals surface area (Å²) in [6, 6.07) is 8.78. The first-order chi connectivity index (χ1) is 6.72. The van der Waals surface area contributed by atoms with Gasteiger partial charge in [-0.3, -0.25) is 0 Å². The molecule has 0 aliphatic carbocycles. The van der Waals surface area contributed by atoms with E-state index in [1.54, 1.807) is 0 Å². The Labute approximate surface area is 87.5 Å². The van der Waals surface area contributed by atoms with Crippen molar-refractivity contribution in [3.05, 3.63) is 29.8 Å². The third kappa shape index (κ3) is 3.82. The molecule has 0 amide bonds. The van der Waals surface area contributed by atoms with Gasteiger partial charge in [0.25, 0.3) is 0 Å². The van der Waals surface area contributed by atoms with Gasteiger partial charge in [0.1, 0.15) is 0 Å². The van der Waals surface area contributed by atoms with Crippen LogP contribution in [-0.2, 0) is 6.42 Å². The highest BCUT2D eigenvalue weighted by Crippen LogP contribution is 2.12. The van der Waals surface area contributed by atoms with Crippen molar-refractivity contribution in [2.24, 2.45) is 5.92 Å². The van der Waals surface area contributed by atoms with Gasteiger partial charge in [0.05, 0.1) is 0 Å². The zero-order chi connectivity index (χ0) is 10.4. The van der Waals surface area contributed by atoms with E-state index in [-0.39, 0.29) is 0 Å². The van der Waals surface area contributed by atoms with Crippen LogP contribution in [0.25, 0.3) is 0 Å². The number of benzene rings is 1. The maximum absolute atomic E-state index is 3.30. The highest BCUT2D eigenvalue weighted by Gasteiger charge is 1.96. The van der Waals surface area contributed by atoms with Crippen LogP contribution < -0.4 is 5.32 Å². The fourth-order valence-electron chi connectivity index (χ4n) is 1.45.